The number of aromatic amines is 1. The van der Waals surface area contributed by atoms with Gasteiger partial charge in [0.05, 0.1) is 0 Å². The van der Waals surface area contributed by atoms with E-state index in [4.69, 9.17) is 27.6 Å². The molecular formula is C21H13Cl2N3O3S2. The fourth-order valence-electron chi connectivity index (χ4n) is 2.48. The van der Waals surface area contributed by atoms with Crippen LogP contribution in [-0.2, 0) is 4.79 Å². The molecule has 0 aliphatic carbocycles. The smallest absolute Gasteiger partial charge is 0.342 e. The molecule has 0 unspecified atom stereocenters. The summed E-state index contributed by atoms with van der Waals surface area (Å²) in [5, 5.41) is 18.7. The van der Waals surface area contributed by atoms with Crippen LogP contribution in [0.3, 0.4) is 0 Å². The van der Waals surface area contributed by atoms with Crippen molar-refractivity contribution in [1.29, 1.82) is 0 Å². The second kappa shape index (κ2) is 9.65. The number of thioether (sulfide) groups is 1. The molecule has 2 aromatic heterocycles. The summed E-state index contributed by atoms with van der Waals surface area (Å²) in [5.74, 6) is -0.176. The lowest BCUT2D eigenvalue weighted by atomic mass is 10.2. The molecule has 10 heteroatoms. The van der Waals surface area contributed by atoms with Gasteiger partial charge in [0.15, 0.2) is 10.9 Å². The average molecular weight is 490 g/mol. The van der Waals surface area contributed by atoms with E-state index >= 15 is 0 Å². The Balaban J connectivity index is 1.49. The van der Waals surface area contributed by atoms with Gasteiger partial charge in [-0.05, 0) is 72.4 Å². The normalized spacial score (nSPS) is 11.6. The predicted octanol–water partition coefficient (Wildman–Crippen LogP) is 6.74. The van der Waals surface area contributed by atoms with Crippen molar-refractivity contribution in [2.45, 2.75) is 15.1 Å². The molecule has 4 rings (SSSR count). The molecule has 6 nitrogen and oxygen atoms in total. The monoisotopic (exact) mass is 489 g/mol. The van der Waals surface area contributed by atoms with Crippen molar-refractivity contribution in [2.75, 3.05) is 0 Å². The van der Waals surface area contributed by atoms with Gasteiger partial charge in [-0.25, -0.2) is 9.78 Å². The number of rotatable bonds is 7. The van der Waals surface area contributed by atoms with Gasteiger partial charge in [-0.15, -0.1) is 5.10 Å². The fraction of sp³-hybridized carbons (Fsp3) is 0. The van der Waals surface area contributed by atoms with Gasteiger partial charge >= 0.3 is 5.97 Å². The third-order valence-corrected chi connectivity index (χ3v) is 6.21. The van der Waals surface area contributed by atoms with Crippen LogP contribution in [-0.4, -0.2) is 26.3 Å². The maximum Gasteiger partial charge on any atom is 0.342 e. The number of carbonyl (C=O) groups is 1. The van der Waals surface area contributed by atoms with E-state index in [1.165, 1.54) is 17.8 Å². The van der Waals surface area contributed by atoms with Gasteiger partial charge in [0, 0.05) is 26.6 Å². The third-order valence-electron chi connectivity index (χ3n) is 3.90. The molecule has 0 saturated carbocycles. The number of benzene rings is 2. The van der Waals surface area contributed by atoms with Crippen LogP contribution in [0.5, 0.6) is 0 Å². The summed E-state index contributed by atoms with van der Waals surface area (Å²) in [5.41, 5.74) is 0.791. The largest absolute Gasteiger partial charge is 0.477 e. The minimum absolute atomic E-state index is 0.0269. The molecule has 0 amide bonds. The van der Waals surface area contributed by atoms with Crippen LogP contribution in [0, 0.1) is 0 Å². The molecule has 0 aliphatic rings. The highest BCUT2D eigenvalue weighted by atomic mass is 35.5. The molecule has 31 heavy (non-hydrogen) atoms. The molecule has 0 aliphatic heterocycles. The van der Waals surface area contributed by atoms with Gasteiger partial charge in [-0.2, -0.15) is 0 Å². The quantitative estimate of drug-likeness (QED) is 0.219. The SMILES string of the molecule is O=C(O)/C(=C/c1ccc(Sc2ccc(Cl)cc2)o1)Sc1n[nH]c(-c2ccc(Cl)cc2)n1. The molecule has 0 atom stereocenters. The summed E-state index contributed by atoms with van der Waals surface area (Å²) in [7, 11) is 0. The van der Waals surface area contributed by atoms with Crippen LogP contribution >= 0.6 is 46.7 Å². The van der Waals surface area contributed by atoms with Gasteiger partial charge in [0.25, 0.3) is 0 Å². The molecule has 0 fully saturated rings. The van der Waals surface area contributed by atoms with Crippen LogP contribution in [0.15, 0.2) is 85.1 Å². The van der Waals surface area contributed by atoms with Gasteiger partial charge in [0.1, 0.15) is 10.7 Å². The number of carboxylic acid groups (broad SMARTS) is 1. The maximum absolute atomic E-state index is 11.7. The van der Waals surface area contributed by atoms with E-state index in [2.05, 4.69) is 15.2 Å². The Morgan fingerprint density at radius 2 is 1.68 bits per heavy atom. The highest BCUT2D eigenvalue weighted by Crippen LogP contribution is 2.32. The van der Waals surface area contributed by atoms with Gasteiger partial charge in [-0.3, -0.25) is 5.10 Å². The predicted molar refractivity (Wildman–Crippen MR) is 123 cm³/mol. The second-order valence-corrected chi connectivity index (χ2v) is 9.06. The van der Waals surface area contributed by atoms with Crippen molar-refractivity contribution >= 4 is 58.8 Å². The van der Waals surface area contributed by atoms with Crippen LogP contribution in [0.4, 0.5) is 0 Å². The molecule has 0 bridgehead atoms. The van der Waals surface area contributed by atoms with E-state index in [0.29, 0.717) is 26.7 Å². The van der Waals surface area contributed by atoms with Crippen LogP contribution in [0.1, 0.15) is 5.76 Å². The maximum atomic E-state index is 11.7. The molecule has 0 spiro atoms. The first-order valence-corrected chi connectivity index (χ1v) is 11.2. The standard InChI is InChI=1S/C21H13Cl2N3O3S2/c22-13-3-1-12(2-4-13)19-24-21(26-25-19)31-17(20(27)28)11-15-7-10-18(29-15)30-16-8-5-14(23)6-9-16/h1-11H,(H,27,28)(H,24,25,26)/b17-11-. The van der Waals surface area contributed by atoms with E-state index < -0.39 is 5.97 Å². The molecule has 2 aromatic carbocycles. The molecule has 0 saturated heterocycles. The van der Waals surface area contributed by atoms with E-state index in [9.17, 15) is 9.90 Å². The first-order chi connectivity index (χ1) is 15.0. The molecule has 2 heterocycles. The zero-order valence-electron chi connectivity index (χ0n) is 15.6. The fourth-order valence-corrected chi connectivity index (χ4v) is 4.19. The van der Waals surface area contributed by atoms with Crippen LogP contribution < -0.4 is 0 Å². The zero-order chi connectivity index (χ0) is 21.8. The van der Waals surface area contributed by atoms with Crippen molar-refractivity contribution in [3.05, 3.63) is 81.4 Å². The number of aliphatic carboxylic acids is 1. The highest BCUT2D eigenvalue weighted by molar-refractivity contribution is 8.04. The Labute approximate surface area is 195 Å². The Hall–Kier alpha value is -2.65. The number of halogens is 2. The van der Waals surface area contributed by atoms with Crippen molar-refractivity contribution in [3.8, 4) is 11.4 Å². The molecule has 2 N–H and O–H groups in total. The lowest BCUT2D eigenvalue weighted by Gasteiger charge is -1.99. The average Bonchev–Trinajstić information content (AvgIpc) is 3.39. The summed E-state index contributed by atoms with van der Waals surface area (Å²) in [6.07, 6.45) is 1.44. The highest BCUT2D eigenvalue weighted by Gasteiger charge is 2.15. The van der Waals surface area contributed by atoms with Crippen LogP contribution in [0.2, 0.25) is 10.0 Å². The van der Waals surface area contributed by atoms with Gasteiger partial charge in [0.2, 0.25) is 5.16 Å². The Bertz CT molecular complexity index is 1240. The third kappa shape index (κ3) is 5.74. The summed E-state index contributed by atoms with van der Waals surface area (Å²) >= 11 is 14.1. The second-order valence-electron chi connectivity index (χ2n) is 6.10. The zero-order valence-corrected chi connectivity index (χ0v) is 18.7. The number of nitrogens with zero attached hydrogens (tertiary/aromatic N) is 2. The minimum atomic E-state index is -1.11. The summed E-state index contributed by atoms with van der Waals surface area (Å²) in [6, 6.07) is 17.9. The van der Waals surface area contributed by atoms with Gasteiger partial charge < -0.3 is 9.52 Å². The van der Waals surface area contributed by atoms with E-state index in [1.807, 2.05) is 12.1 Å². The number of carboxylic acids is 1. The summed E-state index contributed by atoms with van der Waals surface area (Å²) in [6.45, 7) is 0. The van der Waals surface area contributed by atoms with Gasteiger partial charge in [-0.1, -0.05) is 35.0 Å². The van der Waals surface area contributed by atoms with E-state index in [1.54, 1.807) is 48.5 Å². The first-order valence-electron chi connectivity index (χ1n) is 8.81. The number of H-pyrrole nitrogens is 1. The van der Waals surface area contributed by atoms with E-state index in [-0.39, 0.29) is 10.1 Å². The number of hydrogen-bond donors (Lipinski definition) is 2. The Morgan fingerprint density at radius 1 is 1.00 bits per heavy atom. The van der Waals surface area contributed by atoms with Crippen molar-refractivity contribution in [1.82, 2.24) is 15.2 Å². The van der Waals surface area contributed by atoms with Crippen LogP contribution in [0.25, 0.3) is 17.5 Å². The Kier molecular flexibility index (Phi) is 6.72. The van der Waals surface area contributed by atoms with Crippen molar-refractivity contribution in [3.63, 3.8) is 0 Å². The molecule has 4 aromatic rings. The summed E-state index contributed by atoms with van der Waals surface area (Å²) in [4.78, 5) is 17.1. The lowest BCUT2D eigenvalue weighted by molar-refractivity contribution is -0.131. The molecule has 156 valence electrons. The van der Waals surface area contributed by atoms with Crippen molar-refractivity contribution in [2.24, 2.45) is 0 Å². The Morgan fingerprint density at radius 3 is 2.35 bits per heavy atom. The van der Waals surface area contributed by atoms with E-state index in [0.717, 1.165) is 22.2 Å². The lowest BCUT2D eigenvalue weighted by Crippen LogP contribution is -1.97. The number of furan rings is 1. The topological polar surface area (TPSA) is 92.0 Å². The number of aromatic nitrogens is 3. The minimum Gasteiger partial charge on any atom is -0.477 e. The molecular weight excluding hydrogens is 477 g/mol. The molecule has 0 radical (unpaired) electrons. The summed E-state index contributed by atoms with van der Waals surface area (Å²) < 4.78 is 5.74. The number of hydrogen-bond acceptors (Lipinski definition) is 6. The van der Waals surface area contributed by atoms with Crippen molar-refractivity contribution < 1.29 is 14.3 Å². The first kappa shape index (κ1) is 21.6. The number of nitrogens with one attached hydrogen (secondary N) is 1.